The highest BCUT2D eigenvalue weighted by atomic mass is 127. The summed E-state index contributed by atoms with van der Waals surface area (Å²) in [5.41, 5.74) is 3.00. The molecule has 1 amide bonds. The van der Waals surface area contributed by atoms with Gasteiger partial charge < -0.3 is 15.4 Å². The van der Waals surface area contributed by atoms with Crippen molar-refractivity contribution in [1.82, 2.24) is 0 Å². The van der Waals surface area contributed by atoms with Gasteiger partial charge in [0.05, 0.1) is 13.2 Å². The second-order valence-corrected chi connectivity index (χ2v) is 7.62. The molecule has 0 atom stereocenters. The molecular weight excluding hydrogens is 463 g/mol. The average molecular weight is 486 g/mol. The number of carbonyl (C=O) groups excluding carboxylic acids is 1. The minimum atomic E-state index is -0.0879. The molecule has 0 aromatic heterocycles. The monoisotopic (exact) mass is 486 g/mol. The Morgan fingerprint density at radius 1 is 0.857 bits per heavy atom. The van der Waals surface area contributed by atoms with E-state index in [4.69, 9.17) is 4.74 Å². The first-order valence-corrected chi connectivity index (χ1v) is 10.3. The predicted molar refractivity (Wildman–Crippen MR) is 123 cm³/mol. The summed E-state index contributed by atoms with van der Waals surface area (Å²) in [5.74, 6) is 0.721. The topological polar surface area (TPSA) is 50.4 Å². The molecule has 0 aliphatic rings. The number of nitrogens with one attached hydrogen (secondary N) is 2. The van der Waals surface area contributed by atoms with Crippen LogP contribution in [0.2, 0.25) is 0 Å². The van der Waals surface area contributed by atoms with Crippen LogP contribution in [0, 0.1) is 3.57 Å². The van der Waals surface area contributed by atoms with Crippen molar-refractivity contribution in [2.75, 3.05) is 23.8 Å². The highest BCUT2D eigenvalue weighted by Gasteiger charge is 2.03. The number of benzene rings is 3. The zero-order chi connectivity index (χ0) is 19.6. The van der Waals surface area contributed by atoms with Crippen LogP contribution in [0.4, 0.5) is 11.4 Å². The zero-order valence-corrected chi connectivity index (χ0v) is 17.7. The molecule has 0 fully saturated rings. The van der Waals surface area contributed by atoms with E-state index in [1.54, 1.807) is 0 Å². The molecule has 0 radical (unpaired) electrons. The summed E-state index contributed by atoms with van der Waals surface area (Å²) in [7, 11) is 0. The van der Waals surface area contributed by atoms with Crippen molar-refractivity contribution in [3.8, 4) is 5.75 Å². The Bertz CT molecular complexity index is 865. The number of rotatable bonds is 9. The van der Waals surface area contributed by atoms with E-state index in [0.29, 0.717) is 6.61 Å². The fraction of sp³-hybridized carbons (Fsp3) is 0.174. The largest absolute Gasteiger partial charge is 0.494 e. The number of hydrogen-bond acceptors (Lipinski definition) is 3. The van der Waals surface area contributed by atoms with E-state index < -0.39 is 0 Å². The molecular formula is C23H23IN2O2. The van der Waals surface area contributed by atoms with Crippen LogP contribution in [-0.2, 0) is 11.2 Å². The Morgan fingerprint density at radius 3 is 2.25 bits per heavy atom. The van der Waals surface area contributed by atoms with Gasteiger partial charge in [0.1, 0.15) is 5.75 Å². The van der Waals surface area contributed by atoms with Gasteiger partial charge in [-0.1, -0.05) is 30.3 Å². The molecule has 3 aromatic carbocycles. The summed E-state index contributed by atoms with van der Waals surface area (Å²) in [5, 5.41) is 5.99. The van der Waals surface area contributed by atoms with Crippen molar-refractivity contribution in [2.24, 2.45) is 0 Å². The Kier molecular flexibility index (Phi) is 7.72. The third kappa shape index (κ3) is 6.88. The molecule has 0 spiro atoms. The maximum absolute atomic E-state index is 12.1. The number of anilines is 2. The minimum absolute atomic E-state index is 0.0879. The van der Waals surface area contributed by atoms with Crippen LogP contribution >= 0.6 is 22.6 Å². The molecule has 4 nitrogen and oxygen atoms in total. The van der Waals surface area contributed by atoms with Crippen molar-refractivity contribution in [3.63, 3.8) is 0 Å². The van der Waals surface area contributed by atoms with E-state index in [1.165, 1.54) is 5.56 Å². The smallest absolute Gasteiger partial charge is 0.243 e. The van der Waals surface area contributed by atoms with Crippen LogP contribution in [-0.4, -0.2) is 19.1 Å². The third-order valence-corrected chi connectivity index (χ3v) is 4.88. The molecule has 0 heterocycles. The highest BCUT2D eigenvalue weighted by Crippen LogP contribution is 2.16. The van der Waals surface area contributed by atoms with E-state index >= 15 is 0 Å². The van der Waals surface area contributed by atoms with Gasteiger partial charge in [0.25, 0.3) is 0 Å². The summed E-state index contributed by atoms with van der Waals surface area (Å²) in [6.45, 7) is 0.888. The lowest BCUT2D eigenvalue weighted by atomic mass is 10.1. The van der Waals surface area contributed by atoms with Crippen LogP contribution in [0.5, 0.6) is 5.75 Å². The van der Waals surface area contributed by atoms with Gasteiger partial charge in [-0.25, -0.2) is 0 Å². The van der Waals surface area contributed by atoms with E-state index in [9.17, 15) is 4.79 Å². The molecule has 0 bridgehead atoms. The van der Waals surface area contributed by atoms with E-state index in [1.807, 2.05) is 54.6 Å². The molecule has 0 saturated carbocycles. The molecule has 2 N–H and O–H groups in total. The van der Waals surface area contributed by atoms with Gasteiger partial charge in [-0.2, -0.15) is 0 Å². The van der Waals surface area contributed by atoms with Crippen molar-refractivity contribution >= 4 is 39.9 Å². The van der Waals surface area contributed by atoms with Crippen LogP contribution in [0.3, 0.4) is 0 Å². The van der Waals surface area contributed by atoms with Crippen molar-refractivity contribution in [1.29, 1.82) is 0 Å². The third-order valence-electron chi connectivity index (χ3n) is 4.16. The second-order valence-electron chi connectivity index (χ2n) is 6.37. The Morgan fingerprint density at radius 2 is 1.54 bits per heavy atom. The summed E-state index contributed by atoms with van der Waals surface area (Å²) in [4.78, 5) is 12.1. The highest BCUT2D eigenvalue weighted by molar-refractivity contribution is 14.1. The number of halogens is 1. The Balaban J connectivity index is 1.37. The quantitative estimate of drug-likeness (QED) is 0.317. The maximum Gasteiger partial charge on any atom is 0.243 e. The number of hydrogen-bond donors (Lipinski definition) is 2. The average Bonchev–Trinajstić information content (AvgIpc) is 2.73. The van der Waals surface area contributed by atoms with Gasteiger partial charge in [0.15, 0.2) is 0 Å². The predicted octanol–water partition coefficient (Wildman–Crippen LogP) is 5.35. The van der Waals surface area contributed by atoms with Gasteiger partial charge in [-0.3, -0.25) is 4.79 Å². The van der Waals surface area contributed by atoms with Crippen LogP contribution < -0.4 is 15.4 Å². The molecule has 144 valence electrons. The lowest BCUT2D eigenvalue weighted by Gasteiger charge is -2.10. The van der Waals surface area contributed by atoms with Crippen molar-refractivity contribution in [2.45, 2.75) is 12.8 Å². The molecule has 5 heteroatoms. The fourth-order valence-electron chi connectivity index (χ4n) is 2.70. The van der Waals surface area contributed by atoms with Crippen molar-refractivity contribution < 1.29 is 9.53 Å². The van der Waals surface area contributed by atoms with E-state index in [-0.39, 0.29) is 12.5 Å². The summed E-state index contributed by atoms with van der Waals surface area (Å²) >= 11 is 2.25. The number of aryl methyl sites for hydroxylation is 1. The van der Waals surface area contributed by atoms with Crippen molar-refractivity contribution in [3.05, 3.63) is 88.0 Å². The van der Waals surface area contributed by atoms with Gasteiger partial charge in [0, 0.05) is 14.9 Å². The summed E-state index contributed by atoms with van der Waals surface area (Å²) in [6, 6.07) is 25.8. The first-order chi connectivity index (χ1) is 13.7. The number of carbonyl (C=O) groups is 1. The lowest BCUT2D eigenvalue weighted by Crippen LogP contribution is -2.21. The molecule has 0 saturated heterocycles. The van der Waals surface area contributed by atoms with Gasteiger partial charge in [-0.15, -0.1) is 0 Å². The lowest BCUT2D eigenvalue weighted by molar-refractivity contribution is -0.114. The molecule has 3 rings (SSSR count). The summed E-state index contributed by atoms with van der Waals surface area (Å²) < 4.78 is 6.94. The van der Waals surface area contributed by atoms with Gasteiger partial charge in [-0.05, 0) is 89.5 Å². The molecule has 3 aromatic rings. The zero-order valence-electron chi connectivity index (χ0n) is 15.5. The fourth-order valence-corrected chi connectivity index (χ4v) is 3.06. The first-order valence-electron chi connectivity index (χ1n) is 9.25. The van der Waals surface area contributed by atoms with E-state index in [2.05, 4.69) is 57.5 Å². The number of amides is 1. The standard InChI is InChI=1S/C23H23IN2O2/c24-19-8-10-20(11-9-19)25-17-23(27)26-21-12-14-22(15-13-21)28-16-4-7-18-5-2-1-3-6-18/h1-3,5-6,8-15,25H,4,7,16-17H2,(H,26,27). The van der Waals surface area contributed by atoms with Gasteiger partial charge >= 0.3 is 0 Å². The Hall–Kier alpha value is -2.54. The maximum atomic E-state index is 12.1. The van der Waals surface area contributed by atoms with E-state index in [0.717, 1.165) is 33.5 Å². The van der Waals surface area contributed by atoms with Crippen LogP contribution in [0.25, 0.3) is 0 Å². The Labute approximate surface area is 179 Å². The van der Waals surface area contributed by atoms with Crippen LogP contribution in [0.15, 0.2) is 78.9 Å². The number of ether oxygens (including phenoxy) is 1. The molecule has 0 aliphatic heterocycles. The van der Waals surface area contributed by atoms with Gasteiger partial charge in [0.2, 0.25) is 5.91 Å². The molecule has 28 heavy (non-hydrogen) atoms. The molecule has 0 aliphatic carbocycles. The first kappa shape index (κ1) is 20.2. The van der Waals surface area contributed by atoms with Crippen LogP contribution in [0.1, 0.15) is 12.0 Å². The minimum Gasteiger partial charge on any atom is -0.494 e. The summed E-state index contributed by atoms with van der Waals surface area (Å²) in [6.07, 6.45) is 1.97. The normalized spacial score (nSPS) is 10.3. The molecule has 0 unspecified atom stereocenters. The SMILES string of the molecule is O=C(CNc1ccc(I)cc1)Nc1ccc(OCCCc2ccccc2)cc1. The second kappa shape index (κ2) is 10.7.